The van der Waals surface area contributed by atoms with Crippen LogP contribution >= 0.6 is 23.2 Å². The standard InChI is InChI=1S/C26H27Cl2NO5/c1-6-18-15(4)19(9-12-24(18)34-33-16(5)30)23(31)11-10-22-25(14(2)3)32-26(29-22)20-8-7-17(27)13-21(20)28/h7-9,12-14H,6,10-11H2,1-5H3. The van der Waals surface area contributed by atoms with Gasteiger partial charge in [-0.05, 0) is 49.2 Å². The van der Waals surface area contributed by atoms with Gasteiger partial charge in [0.1, 0.15) is 5.76 Å². The van der Waals surface area contributed by atoms with Gasteiger partial charge in [0.2, 0.25) is 5.89 Å². The Morgan fingerprint density at radius 3 is 2.50 bits per heavy atom. The van der Waals surface area contributed by atoms with Crippen LogP contribution in [0.3, 0.4) is 0 Å². The van der Waals surface area contributed by atoms with Gasteiger partial charge in [0, 0.05) is 41.8 Å². The maximum atomic E-state index is 13.1. The molecule has 0 amide bonds. The molecule has 0 unspecified atom stereocenters. The van der Waals surface area contributed by atoms with Gasteiger partial charge in [-0.1, -0.05) is 44.0 Å². The zero-order valence-corrected chi connectivity index (χ0v) is 21.3. The number of hydrogen-bond donors (Lipinski definition) is 0. The van der Waals surface area contributed by atoms with Crippen LogP contribution in [0.5, 0.6) is 5.75 Å². The zero-order chi connectivity index (χ0) is 25.0. The van der Waals surface area contributed by atoms with Crippen LogP contribution in [0.25, 0.3) is 11.5 Å². The molecule has 0 aliphatic rings. The highest BCUT2D eigenvalue weighted by molar-refractivity contribution is 6.36. The number of rotatable bonds is 9. The van der Waals surface area contributed by atoms with Crippen LogP contribution < -0.4 is 4.89 Å². The monoisotopic (exact) mass is 503 g/mol. The number of carbonyl (C=O) groups excluding carboxylic acids is 2. The number of Topliss-reactive ketones (excluding diaryl/α,β-unsaturated/α-hetero) is 1. The lowest BCUT2D eigenvalue weighted by Gasteiger charge is -2.13. The van der Waals surface area contributed by atoms with Crippen molar-refractivity contribution in [3.8, 4) is 17.2 Å². The van der Waals surface area contributed by atoms with Gasteiger partial charge in [-0.3, -0.25) is 14.6 Å². The summed E-state index contributed by atoms with van der Waals surface area (Å²) in [5.74, 6) is 1.08. The summed E-state index contributed by atoms with van der Waals surface area (Å²) in [6.07, 6.45) is 1.30. The van der Waals surface area contributed by atoms with Gasteiger partial charge in [0.05, 0.1) is 16.3 Å². The van der Waals surface area contributed by atoms with E-state index in [0.717, 1.165) is 22.6 Å². The van der Waals surface area contributed by atoms with Crippen molar-refractivity contribution in [3.63, 3.8) is 0 Å². The summed E-state index contributed by atoms with van der Waals surface area (Å²) in [4.78, 5) is 38.6. The summed E-state index contributed by atoms with van der Waals surface area (Å²) in [7, 11) is 0. The first-order valence-electron chi connectivity index (χ1n) is 11.1. The fourth-order valence-corrected chi connectivity index (χ4v) is 4.28. The number of ketones is 1. The second kappa shape index (κ2) is 11.1. The smallest absolute Gasteiger partial charge is 0.352 e. The molecule has 0 radical (unpaired) electrons. The van der Waals surface area contributed by atoms with Crippen LogP contribution in [0.15, 0.2) is 34.7 Å². The Morgan fingerprint density at radius 2 is 1.88 bits per heavy atom. The van der Waals surface area contributed by atoms with Gasteiger partial charge in [-0.15, -0.1) is 0 Å². The minimum Gasteiger partial charge on any atom is -0.441 e. The van der Waals surface area contributed by atoms with Crippen LogP contribution in [0.2, 0.25) is 10.0 Å². The van der Waals surface area contributed by atoms with E-state index in [9.17, 15) is 9.59 Å². The first-order valence-corrected chi connectivity index (χ1v) is 11.8. The Balaban J connectivity index is 1.83. The number of benzene rings is 2. The van der Waals surface area contributed by atoms with Crippen LogP contribution in [-0.4, -0.2) is 16.7 Å². The Bertz CT molecular complexity index is 1220. The lowest BCUT2D eigenvalue weighted by atomic mass is 9.94. The van der Waals surface area contributed by atoms with Crippen LogP contribution in [0.4, 0.5) is 0 Å². The summed E-state index contributed by atoms with van der Waals surface area (Å²) >= 11 is 12.3. The molecule has 0 atom stereocenters. The molecule has 0 aliphatic carbocycles. The molecule has 3 rings (SSSR count). The normalized spacial score (nSPS) is 11.1. The molecule has 0 spiro atoms. The van der Waals surface area contributed by atoms with Crippen LogP contribution in [0.1, 0.15) is 73.0 Å². The molecule has 0 fully saturated rings. The molecule has 1 heterocycles. The fourth-order valence-electron chi connectivity index (χ4n) is 3.79. The Labute approximate surface area is 209 Å². The molecule has 1 aromatic heterocycles. The number of oxazole rings is 1. The highest BCUT2D eigenvalue weighted by atomic mass is 35.5. The minimum absolute atomic E-state index is 0.0185. The van der Waals surface area contributed by atoms with Crippen molar-refractivity contribution in [3.05, 3.63) is 68.5 Å². The molecule has 0 N–H and O–H groups in total. The third kappa shape index (κ3) is 5.80. The Kier molecular flexibility index (Phi) is 8.39. The number of nitrogens with zero attached hydrogens (tertiary/aromatic N) is 1. The number of carbonyl (C=O) groups is 2. The van der Waals surface area contributed by atoms with Gasteiger partial charge in [0.25, 0.3) is 0 Å². The third-order valence-electron chi connectivity index (χ3n) is 5.46. The molecular formula is C26H27Cl2NO5. The third-order valence-corrected chi connectivity index (χ3v) is 6.01. The zero-order valence-electron chi connectivity index (χ0n) is 19.8. The van der Waals surface area contributed by atoms with Crippen molar-refractivity contribution >= 4 is 35.0 Å². The predicted molar refractivity (Wildman–Crippen MR) is 132 cm³/mol. The Hall–Kier alpha value is -2.83. The van der Waals surface area contributed by atoms with Crippen molar-refractivity contribution in [2.75, 3.05) is 0 Å². The number of aromatic nitrogens is 1. The Morgan fingerprint density at radius 1 is 1.15 bits per heavy atom. The van der Waals surface area contributed by atoms with Crippen LogP contribution in [0, 0.1) is 6.92 Å². The lowest BCUT2D eigenvalue weighted by molar-refractivity contribution is -0.211. The number of hydrogen-bond acceptors (Lipinski definition) is 6. The minimum atomic E-state index is -0.548. The largest absolute Gasteiger partial charge is 0.441 e. The van der Waals surface area contributed by atoms with Gasteiger partial charge in [0.15, 0.2) is 11.5 Å². The molecule has 2 aromatic carbocycles. The van der Waals surface area contributed by atoms with Crippen molar-refractivity contribution in [2.24, 2.45) is 0 Å². The SMILES string of the molecule is CCc1c(OOC(C)=O)ccc(C(=O)CCc2nc(-c3ccc(Cl)cc3Cl)oc2C(C)C)c1C. The van der Waals surface area contributed by atoms with E-state index in [1.807, 2.05) is 27.7 Å². The summed E-state index contributed by atoms with van der Waals surface area (Å²) in [5.41, 5.74) is 3.60. The summed E-state index contributed by atoms with van der Waals surface area (Å²) < 4.78 is 6.04. The molecule has 0 saturated carbocycles. The first kappa shape index (κ1) is 25.8. The van der Waals surface area contributed by atoms with Crippen molar-refractivity contribution < 1.29 is 23.8 Å². The van der Waals surface area contributed by atoms with E-state index in [-0.39, 0.29) is 18.1 Å². The lowest BCUT2D eigenvalue weighted by Crippen LogP contribution is -2.09. The molecule has 34 heavy (non-hydrogen) atoms. The highest BCUT2D eigenvalue weighted by Gasteiger charge is 2.21. The van der Waals surface area contributed by atoms with E-state index in [4.69, 9.17) is 32.5 Å². The average Bonchev–Trinajstić information content (AvgIpc) is 3.20. The molecule has 3 aromatic rings. The van der Waals surface area contributed by atoms with Gasteiger partial charge >= 0.3 is 5.97 Å². The summed E-state index contributed by atoms with van der Waals surface area (Å²) in [6.45, 7) is 9.10. The average molecular weight is 504 g/mol. The van der Waals surface area contributed by atoms with Crippen molar-refractivity contribution in [1.82, 2.24) is 4.98 Å². The topological polar surface area (TPSA) is 78.6 Å². The number of aryl methyl sites for hydroxylation is 1. The van der Waals surface area contributed by atoms with E-state index in [2.05, 4.69) is 9.87 Å². The summed E-state index contributed by atoms with van der Waals surface area (Å²) in [5, 5.41) is 0.978. The van der Waals surface area contributed by atoms with Gasteiger partial charge < -0.3 is 4.42 Å². The van der Waals surface area contributed by atoms with Crippen molar-refractivity contribution in [1.29, 1.82) is 0 Å². The van der Waals surface area contributed by atoms with E-state index >= 15 is 0 Å². The number of halogens is 2. The van der Waals surface area contributed by atoms with Gasteiger partial charge in [-0.2, -0.15) is 0 Å². The van der Waals surface area contributed by atoms with Crippen LogP contribution in [-0.2, 0) is 22.5 Å². The second-order valence-electron chi connectivity index (χ2n) is 8.26. The van der Waals surface area contributed by atoms with E-state index < -0.39 is 5.97 Å². The van der Waals surface area contributed by atoms with Crippen molar-refractivity contribution in [2.45, 2.75) is 59.8 Å². The van der Waals surface area contributed by atoms with Gasteiger partial charge in [-0.25, -0.2) is 9.78 Å². The molecule has 8 heteroatoms. The molecule has 6 nitrogen and oxygen atoms in total. The quantitative estimate of drug-likeness (QED) is 0.173. The maximum Gasteiger partial charge on any atom is 0.352 e. The van der Waals surface area contributed by atoms with E-state index in [0.29, 0.717) is 45.7 Å². The molecule has 0 saturated heterocycles. The second-order valence-corrected chi connectivity index (χ2v) is 9.10. The molecule has 180 valence electrons. The first-order chi connectivity index (χ1) is 16.1. The maximum absolute atomic E-state index is 13.1. The molecule has 0 aliphatic heterocycles. The highest BCUT2D eigenvalue weighted by Crippen LogP contribution is 2.34. The molecular weight excluding hydrogens is 477 g/mol. The summed E-state index contributed by atoms with van der Waals surface area (Å²) in [6, 6.07) is 8.49. The fraction of sp³-hybridized carbons (Fsp3) is 0.346. The van der Waals surface area contributed by atoms with E-state index in [1.165, 1.54) is 6.92 Å². The van der Waals surface area contributed by atoms with E-state index in [1.54, 1.807) is 30.3 Å². The molecule has 0 bridgehead atoms. The predicted octanol–water partition coefficient (Wildman–Crippen LogP) is 7.32.